The van der Waals surface area contributed by atoms with Gasteiger partial charge in [-0.15, -0.1) is 0 Å². The van der Waals surface area contributed by atoms with Crippen molar-refractivity contribution in [1.82, 2.24) is 0 Å². The molecule has 0 saturated heterocycles. The standard InChI is InChI=1S/C16H12N2O2/c17-10-12-4-3-6-13(15(12)11-18)14-5-1-2-7-16(14)20-9-8-19/h1-7,19H,8-9H2. The summed E-state index contributed by atoms with van der Waals surface area (Å²) >= 11 is 0. The fourth-order valence-corrected chi connectivity index (χ4v) is 1.96. The lowest BCUT2D eigenvalue weighted by atomic mass is 9.96. The van der Waals surface area contributed by atoms with Crippen LogP contribution >= 0.6 is 0 Å². The highest BCUT2D eigenvalue weighted by molar-refractivity contribution is 5.77. The number of hydrogen-bond acceptors (Lipinski definition) is 4. The van der Waals surface area contributed by atoms with Gasteiger partial charge in [-0.2, -0.15) is 10.5 Å². The van der Waals surface area contributed by atoms with Gasteiger partial charge >= 0.3 is 0 Å². The van der Waals surface area contributed by atoms with Crippen molar-refractivity contribution < 1.29 is 9.84 Å². The van der Waals surface area contributed by atoms with Crippen molar-refractivity contribution in [3.63, 3.8) is 0 Å². The molecule has 0 aliphatic rings. The fourth-order valence-electron chi connectivity index (χ4n) is 1.96. The van der Waals surface area contributed by atoms with Crippen LogP contribution in [0.4, 0.5) is 0 Å². The van der Waals surface area contributed by atoms with Crippen LogP contribution in [0.25, 0.3) is 11.1 Å². The van der Waals surface area contributed by atoms with Crippen molar-refractivity contribution in [3.8, 4) is 29.0 Å². The zero-order valence-corrected chi connectivity index (χ0v) is 10.7. The number of aliphatic hydroxyl groups is 1. The summed E-state index contributed by atoms with van der Waals surface area (Å²) in [7, 11) is 0. The number of nitriles is 2. The minimum atomic E-state index is -0.0856. The summed E-state index contributed by atoms with van der Waals surface area (Å²) in [4.78, 5) is 0. The van der Waals surface area contributed by atoms with E-state index in [1.54, 1.807) is 24.3 Å². The molecule has 2 aromatic rings. The predicted molar refractivity (Wildman–Crippen MR) is 73.9 cm³/mol. The van der Waals surface area contributed by atoms with Gasteiger partial charge in [0.15, 0.2) is 0 Å². The minimum absolute atomic E-state index is 0.0856. The Balaban J connectivity index is 2.58. The van der Waals surface area contributed by atoms with Crippen LogP contribution in [0.1, 0.15) is 11.1 Å². The number of rotatable bonds is 4. The molecular weight excluding hydrogens is 252 g/mol. The lowest BCUT2D eigenvalue weighted by Crippen LogP contribution is -2.03. The van der Waals surface area contributed by atoms with E-state index in [1.165, 1.54) is 0 Å². The lowest BCUT2D eigenvalue weighted by Gasteiger charge is -2.12. The van der Waals surface area contributed by atoms with Crippen molar-refractivity contribution in [3.05, 3.63) is 53.6 Å². The Kier molecular flexibility index (Phi) is 4.34. The second kappa shape index (κ2) is 6.38. The van der Waals surface area contributed by atoms with Crippen molar-refractivity contribution in [2.24, 2.45) is 0 Å². The smallest absolute Gasteiger partial charge is 0.127 e. The molecule has 0 unspecified atom stereocenters. The Bertz CT molecular complexity index is 696. The van der Waals surface area contributed by atoms with Crippen molar-refractivity contribution in [2.45, 2.75) is 0 Å². The Morgan fingerprint density at radius 1 is 0.950 bits per heavy atom. The SMILES string of the molecule is N#Cc1cccc(-c2ccccc2OCCO)c1C#N. The maximum atomic E-state index is 9.28. The largest absolute Gasteiger partial charge is 0.491 e. The number of nitrogens with zero attached hydrogens (tertiary/aromatic N) is 2. The van der Waals surface area contributed by atoms with Crippen LogP contribution in [0.5, 0.6) is 5.75 Å². The fraction of sp³-hybridized carbons (Fsp3) is 0.125. The number of para-hydroxylation sites is 1. The second-order valence-electron chi connectivity index (χ2n) is 4.02. The molecular formula is C16H12N2O2. The normalized spacial score (nSPS) is 9.55. The molecule has 1 N–H and O–H groups in total. The van der Waals surface area contributed by atoms with Gasteiger partial charge in [0.2, 0.25) is 0 Å². The first kappa shape index (κ1) is 13.6. The molecule has 98 valence electrons. The van der Waals surface area contributed by atoms with E-state index in [-0.39, 0.29) is 13.2 Å². The summed E-state index contributed by atoms with van der Waals surface area (Å²) in [6, 6.07) is 16.5. The number of benzene rings is 2. The molecule has 0 aliphatic carbocycles. The summed E-state index contributed by atoms with van der Waals surface area (Å²) in [5.74, 6) is 0.577. The van der Waals surface area contributed by atoms with E-state index in [0.29, 0.717) is 22.4 Å². The summed E-state index contributed by atoms with van der Waals surface area (Å²) in [5, 5.41) is 27.2. The van der Waals surface area contributed by atoms with Gasteiger partial charge in [-0.05, 0) is 12.1 Å². The number of ether oxygens (including phenoxy) is 1. The summed E-state index contributed by atoms with van der Waals surface area (Å²) in [6.45, 7) is 0.0918. The van der Waals surface area contributed by atoms with E-state index < -0.39 is 0 Å². The first-order chi connectivity index (χ1) is 9.81. The lowest BCUT2D eigenvalue weighted by molar-refractivity contribution is 0.202. The molecule has 0 aromatic heterocycles. The molecule has 0 saturated carbocycles. The molecule has 0 spiro atoms. The zero-order valence-electron chi connectivity index (χ0n) is 10.7. The van der Waals surface area contributed by atoms with E-state index in [2.05, 4.69) is 6.07 Å². The second-order valence-corrected chi connectivity index (χ2v) is 4.02. The minimum Gasteiger partial charge on any atom is -0.491 e. The van der Waals surface area contributed by atoms with E-state index >= 15 is 0 Å². The van der Waals surface area contributed by atoms with Crippen LogP contribution in [0.3, 0.4) is 0 Å². The maximum Gasteiger partial charge on any atom is 0.127 e. The van der Waals surface area contributed by atoms with Crippen LogP contribution in [0, 0.1) is 22.7 Å². The van der Waals surface area contributed by atoms with E-state index in [9.17, 15) is 5.26 Å². The Morgan fingerprint density at radius 3 is 2.40 bits per heavy atom. The highest BCUT2D eigenvalue weighted by atomic mass is 16.5. The summed E-state index contributed by atoms with van der Waals surface area (Å²) < 4.78 is 5.47. The van der Waals surface area contributed by atoms with Crippen LogP contribution < -0.4 is 4.74 Å². The van der Waals surface area contributed by atoms with Crippen molar-refractivity contribution >= 4 is 0 Å². The topological polar surface area (TPSA) is 77.0 Å². The molecule has 0 amide bonds. The predicted octanol–water partition coefficient (Wildman–Crippen LogP) is 2.47. The van der Waals surface area contributed by atoms with Gasteiger partial charge in [-0.3, -0.25) is 0 Å². The van der Waals surface area contributed by atoms with Crippen molar-refractivity contribution in [1.29, 1.82) is 10.5 Å². The third kappa shape index (κ3) is 2.61. The highest BCUT2D eigenvalue weighted by Crippen LogP contribution is 2.33. The van der Waals surface area contributed by atoms with Gasteiger partial charge in [0.25, 0.3) is 0 Å². The molecule has 0 radical (unpaired) electrons. The van der Waals surface area contributed by atoms with E-state index in [4.69, 9.17) is 15.1 Å². The molecule has 0 heterocycles. The molecule has 0 bridgehead atoms. The molecule has 4 heteroatoms. The van der Waals surface area contributed by atoms with Crippen LogP contribution in [-0.4, -0.2) is 18.3 Å². The van der Waals surface area contributed by atoms with E-state index in [1.807, 2.05) is 24.3 Å². The van der Waals surface area contributed by atoms with Crippen molar-refractivity contribution in [2.75, 3.05) is 13.2 Å². The summed E-state index contributed by atoms with van der Waals surface area (Å²) in [6.07, 6.45) is 0. The molecule has 20 heavy (non-hydrogen) atoms. The zero-order chi connectivity index (χ0) is 14.4. The molecule has 2 aromatic carbocycles. The molecule has 0 aliphatic heterocycles. The third-order valence-electron chi connectivity index (χ3n) is 2.82. The monoisotopic (exact) mass is 264 g/mol. The van der Waals surface area contributed by atoms with Crippen LogP contribution in [0.2, 0.25) is 0 Å². The van der Waals surface area contributed by atoms with E-state index in [0.717, 1.165) is 5.56 Å². The first-order valence-electron chi connectivity index (χ1n) is 6.08. The van der Waals surface area contributed by atoms with Gasteiger partial charge in [0.05, 0.1) is 17.7 Å². The Morgan fingerprint density at radius 2 is 1.70 bits per heavy atom. The van der Waals surface area contributed by atoms with Gasteiger partial charge < -0.3 is 9.84 Å². The average Bonchev–Trinajstić information content (AvgIpc) is 2.52. The van der Waals surface area contributed by atoms with Gasteiger partial charge in [0.1, 0.15) is 24.5 Å². The third-order valence-corrected chi connectivity index (χ3v) is 2.82. The van der Waals surface area contributed by atoms with Crippen LogP contribution in [-0.2, 0) is 0 Å². The van der Waals surface area contributed by atoms with Gasteiger partial charge in [-0.1, -0.05) is 30.3 Å². The van der Waals surface area contributed by atoms with Gasteiger partial charge in [-0.25, -0.2) is 0 Å². The Labute approximate surface area is 117 Å². The van der Waals surface area contributed by atoms with Gasteiger partial charge in [0, 0.05) is 11.1 Å². The molecule has 0 fully saturated rings. The molecule has 0 atom stereocenters. The molecule has 2 rings (SSSR count). The number of hydrogen-bond donors (Lipinski definition) is 1. The maximum absolute atomic E-state index is 9.28. The Hall–Kier alpha value is -2.82. The first-order valence-corrected chi connectivity index (χ1v) is 6.08. The molecule has 4 nitrogen and oxygen atoms in total. The highest BCUT2D eigenvalue weighted by Gasteiger charge is 2.13. The quantitative estimate of drug-likeness (QED) is 0.920. The summed E-state index contributed by atoms with van der Waals surface area (Å²) in [5.41, 5.74) is 2.05. The van der Waals surface area contributed by atoms with Crippen LogP contribution in [0.15, 0.2) is 42.5 Å². The average molecular weight is 264 g/mol. The number of aliphatic hydroxyl groups excluding tert-OH is 1.